The molecule has 0 aliphatic heterocycles. The number of aryl methyl sites for hydroxylation is 1. The largest absolute Gasteiger partial charge is 0.493 e. The van der Waals surface area contributed by atoms with Gasteiger partial charge in [0.2, 0.25) is 0 Å². The van der Waals surface area contributed by atoms with E-state index in [2.05, 4.69) is 41.8 Å². The predicted molar refractivity (Wildman–Crippen MR) is 85.2 cm³/mol. The van der Waals surface area contributed by atoms with Gasteiger partial charge in [0.25, 0.3) is 0 Å². The predicted octanol–water partition coefficient (Wildman–Crippen LogP) is 4.04. The molecule has 3 nitrogen and oxygen atoms in total. The molecule has 0 radical (unpaired) electrons. The molecular weight excluding hydrogens is 262 g/mol. The molecule has 21 heavy (non-hydrogen) atoms. The molecule has 0 amide bonds. The number of benzene rings is 2. The summed E-state index contributed by atoms with van der Waals surface area (Å²) in [7, 11) is 1.66. The van der Waals surface area contributed by atoms with Gasteiger partial charge in [0.15, 0.2) is 11.5 Å². The van der Waals surface area contributed by atoms with Crippen LogP contribution in [0.5, 0.6) is 11.5 Å². The van der Waals surface area contributed by atoms with E-state index in [0.29, 0.717) is 6.61 Å². The first-order valence-electron chi connectivity index (χ1n) is 7.10. The lowest BCUT2D eigenvalue weighted by molar-refractivity contribution is 0.280. The number of fused-ring (bicyclic) bond motifs is 1. The Labute approximate surface area is 124 Å². The number of hydrogen-bond acceptors (Lipinski definition) is 2. The van der Waals surface area contributed by atoms with Gasteiger partial charge in [-0.3, -0.25) is 0 Å². The van der Waals surface area contributed by atoms with Gasteiger partial charge in [-0.2, -0.15) is 0 Å². The molecule has 0 fully saturated rings. The van der Waals surface area contributed by atoms with Crippen LogP contribution in [-0.2, 0) is 6.54 Å². The van der Waals surface area contributed by atoms with Crippen molar-refractivity contribution in [1.29, 1.82) is 0 Å². The highest BCUT2D eigenvalue weighted by atomic mass is 16.5. The van der Waals surface area contributed by atoms with Crippen molar-refractivity contribution in [3.05, 3.63) is 60.3 Å². The van der Waals surface area contributed by atoms with Crippen LogP contribution in [-0.4, -0.2) is 18.3 Å². The molecule has 0 aliphatic rings. The third kappa shape index (κ3) is 2.72. The van der Waals surface area contributed by atoms with Gasteiger partial charge in [0.05, 0.1) is 13.7 Å². The number of ether oxygens (including phenoxy) is 2. The summed E-state index contributed by atoms with van der Waals surface area (Å²) in [6.07, 6.45) is 0. The topological polar surface area (TPSA) is 23.4 Å². The molecule has 0 N–H and O–H groups in total. The van der Waals surface area contributed by atoms with E-state index in [4.69, 9.17) is 9.47 Å². The first kappa shape index (κ1) is 13.6. The van der Waals surface area contributed by atoms with Crippen LogP contribution in [0.25, 0.3) is 10.9 Å². The molecule has 3 aromatic rings. The monoisotopic (exact) mass is 281 g/mol. The highest BCUT2D eigenvalue weighted by molar-refractivity contribution is 5.81. The van der Waals surface area contributed by atoms with E-state index in [1.807, 2.05) is 24.3 Å². The normalized spacial score (nSPS) is 10.8. The Morgan fingerprint density at radius 2 is 1.67 bits per heavy atom. The van der Waals surface area contributed by atoms with Crippen LogP contribution in [0.4, 0.5) is 0 Å². The van der Waals surface area contributed by atoms with E-state index < -0.39 is 0 Å². The number of nitrogens with zero attached hydrogens (tertiary/aromatic N) is 1. The standard InChI is InChI=1S/C18H19NO2/c1-14-13-15-7-3-4-8-16(15)19(14)11-12-21-18-10-6-5-9-17(18)20-2/h3-10,13H,11-12H2,1-2H3. The van der Waals surface area contributed by atoms with Crippen molar-refractivity contribution in [2.75, 3.05) is 13.7 Å². The summed E-state index contributed by atoms with van der Waals surface area (Å²) < 4.78 is 13.4. The Kier molecular flexibility index (Phi) is 3.82. The molecule has 0 saturated carbocycles. The summed E-state index contributed by atoms with van der Waals surface area (Å²) in [6, 6.07) is 18.4. The minimum Gasteiger partial charge on any atom is -0.493 e. The lowest BCUT2D eigenvalue weighted by atomic mass is 10.2. The number of hydrogen-bond donors (Lipinski definition) is 0. The van der Waals surface area contributed by atoms with Gasteiger partial charge < -0.3 is 14.0 Å². The van der Waals surface area contributed by atoms with Crippen LogP contribution in [0.3, 0.4) is 0 Å². The van der Waals surface area contributed by atoms with Crippen molar-refractivity contribution in [1.82, 2.24) is 4.57 Å². The fourth-order valence-corrected chi connectivity index (χ4v) is 2.63. The molecule has 108 valence electrons. The highest BCUT2D eigenvalue weighted by Crippen LogP contribution is 2.26. The molecular formula is C18H19NO2. The van der Waals surface area contributed by atoms with Gasteiger partial charge >= 0.3 is 0 Å². The minimum atomic E-state index is 0.611. The lowest BCUT2D eigenvalue weighted by Gasteiger charge is -2.12. The van der Waals surface area contributed by atoms with Crippen molar-refractivity contribution in [3.63, 3.8) is 0 Å². The van der Waals surface area contributed by atoms with Crippen LogP contribution in [0.1, 0.15) is 5.69 Å². The summed E-state index contributed by atoms with van der Waals surface area (Å²) >= 11 is 0. The van der Waals surface area contributed by atoms with E-state index in [1.165, 1.54) is 16.6 Å². The summed E-state index contributed by atoms with van der Waals surface area (Å²) in [6.45, 7) is 3.56. The summed E-state index contributed by atoms with van der Waals surface area (Å²) in [5, 5.41) is 1.27. The van der Waals surface area contributed by atoms with E-state index in [1.54, 1.807) is 7.11 Å². The van der Waals surface area contributed by atoms with Crippen molar-refractivity contribution in [2.24, 2.45) is 0 Å². The van der Waals surface area contributed by atoms with Crippen molar-refractivity contribution in [2.45, 2.75) is 13.5 Å². The van der Waals surface area contributed by atoms with Gasteiger partial charge in [-0.25, -0.2) is 0 Å². The maximum atomic E-state index is 5.86. The first-order chi connectivity index (χ1) is 10.3. The Balaban J connectivity index is 1.74. The molecule has 0 bridgehead atoms. The fourth-order valence-electron chi connectivity index (χ4n) is 2.63. The number of methoxy groups -OCH3 is 1. The van der Waals surface area contributed by atoms with E-state index in [0.717, 1.165) is 18.0 Å². The van der Waals surface area contributed by atoms with E-state index in [9.17, 15) is 0 Å². The minimum absolute atomic E-state index is 0.611. The zero-order valence-electron chi connectivity index (χ0n) is 12.4. The fraction of sp³-hybridized carbons (Fsp3) is 0.222. The van der Waals surface area contributed by atoms with Gasteiger partial charge in [-0.1, -0.05) is 30.3 Å². The first-order valence-corrected chi connectivity index (χ1v) is 7.10. The molecule has 0 unspecified atom stereocenters. The van der Waals surface area contributed by atoms with Crippen LogP contribution in [0.15, 0.2) is 54.6 Å². The second-order valence-corrected chi connectivity index (χ2v) is 5.00. The molecule has 0 atom stereocenters. The van der Waals surface area contributed by atoms with Gasteiger partial charge in [0, 0.05) is 11.2 Å². The second kappa shape index (κ2) is 5.92. The average Bonchev–Trinajstić information content (AvgIpc) is 2.84. The van der Waals surface area contributed by atoms with Crippen LogP contribution >= 0.6 is 0 Å². The SMILES string of the molecule is COc1ccccc1OCCn1c(C)cc2ccccc21. The van der Waals surface area contributed by atoms with Gasteiger partial charge in [-0.05, 0) is 36.6 Å². The maximum absolute atomic E-state index is 5.86. The average molecular weight is 281 g/mol. The molecule has 0 saturated heterocycles. The Hall–Kier alpha value is -2.42. The van der Waals surface area contributed by atoms with Crippen molar-refractivity contribution < 1.29 is 9.47 Å². The third-order valence-corrected chi connectivity index (χ3v) is 3.66. The summed E-state index contributed by atoms with van der Waals surface area (Å²) in [4.78, 5) is 0. The van der Waals surface area contributed by atoms with Crippen LogP contribution < -0.4 is 9.47 Å². The zero-order valence-corrected chi connectivity index (χ0v) is 12.4. The third-order valence-electron chi connectivity index (χ3n) is 3.66. The summed E-state index contributed by atoms with van der Waals surface area (Å²) in [5.41, 5.74) is 2.50. The quantitative estimate of drug-likeness (QED) is 0.704. The molecule has 3 rings (SSSR count). The summed E-state index contributed by atoms with van der Waals surface area (Å²) in [5.74, 6) is 1.56. The van der Waals surface area contributed by atoms with Gasteiger partial charge in [-0.15, -0.1) is 0 Å². The number of para-hydroxylation sites is 3. The molecule has 0 spiro atoms. The maximum Gasteiger partial charge on any atom is 0.161 e. The molecule has 1 aromatic heterocycles. The number of aromatic nitrogens is 1. The smallest absolute Gasteiger partial charge is 0.161 e. The Morgan fingerprint density at radius 1 is 0.952 bits per heavy atom. The zero-order chi connectivity index (χ0) is 14.7. The van der Waals surface area contributed by atoms with E-state index in [-0.39, 0.29) is 0 Å². The van der Waals surface area contributed by atoms with Crippen molar-refractivity contribution in [3.8, 4) is 11.5 Å². The lowest BCUT2D eigenvalue weighted by Crippen LogP contribution is -2.09. The van der Waals surface area contributed by atoms with Crippen molar-refractivity contribution >= 4 is 10.9 Å². The highest BCUT2D eigenvalue weighted by Gasteiger charge is 2.06. The molecule has 3 heteroatoms. The number of rotatable bonds is 5. The Morgan fingerprint density at radius 3 is 2.48 bits per heavy atom. The van der Waals surface area contributed by atoms with Crippen LogP contribution in [0, 0.1) is 6.92 Å². The van der Waals surface area contributed by atoms with E-state index >= 15 is 0 Å². The molecule has 1 heterocycles. The Bertz CT molecular complexity index is 746. The van der Waals surface area contributed by atoms with Crippen LogP contribution in [0.2, 0.25) is 0 Å². The van der Waals surface area contributed by atoms with Gasteiger partial charge in [0.1, 0.15) is 6.61 Å². The molecule has 2 aromatic carbocycles. The molecule has 0 aliphatic carbocycles. The second-order valence-electron chi connectivity index (χ2n) is 5.00.